The van der Waals surface area contributed by atoms with Crippen LogP contribution >= 0.6 is 11.8 Å². The summed E-state index contributed by atoms with van der Waals surface area (Å²) in [6.45, 7) is 0.973. The Morgan fingerprint density at radius 1 is 1.71 bits per heavy atom. The topological polar surface area (TPSA) is 29.3 Å². The van der Waals surface area contributed by atoms with Crippen LogP contribution in [0.4, 0.5) is 0 Å². The maximum Gasteiger partial charge on any atom is 0.0429 e. The van der Waals surface area contributed by atoms with Crippen LogP contribution in [0.3, 0.4) is 0 Å². The van der Waals surface area contributed by atoms with E-state index in [0.717, 1.165) is 12.3 Å². The fraction of sp³-hybridized carbons (Fsp3) is 0.500. The van der Waals surface area contributed by atoms with Crippen LogP contribution in [0.2, 0.25) is 0 Å². The second-order valence-electron chi connectivity index (χ2n) is 1.39. The minimum atomic E-state index is 0.973. The molecule has 0 amide bonds. The number of nitrogens with two attached hydrogens (primary N) is 1. The minimum Gasteiger partial charge on any atom is -0.317 e. The van der Waals surface area contributed by atoms with Crippen molar-refractivity contribution in [2.24, 2.45) is 5.84 Å². The zero-order valence-electron chi connectivity index (χ0n) is 4.00. The largest absolute Gasteiger partial charge is 0.317 e. The molecule has 7 heavy (non-hydrogen) atoms. The maximum absolute atomic E-state index is 5.37. The fourth-order valence-corrected chi connectivity index (χ4v) is 1.12. The van der Waals surface area contributed by atoms with Gasteiger partial charge in [0, 0.05) is 18.5 Å². The van der Waals surface area contributed by atoms with Crippen molar-refractivity contribution in [2.45, 2.75) is 0 Å². The van der Waals surface area contributed by atoms with Crippen LogP contribution in [0.5, 0.6) is 0 Å². The lowest BCUT2D eigenvalue weighted by atomic mass is 10.7. The van der Waals surface area contributed by atoms with Crippen molar-refractivity contribution >= 4 is 11.8 Å². The van der Waals surface area contributed by atoms with Crippen LogP contribution in [0.25, 0.3) is 0 Å². The Labute approximate surface area is 47.3 Å². The van der Waals surface area contributed by atoms with Crippen LogP contribution in [-0.2, 0) is 0 Å². The van der Waals surface area contributed by atoms with Gasteiger partial charge in [-0.25, -0.2) is 5.84 Å². The molecule has 0 spiro atoms. The molecule has 0 fully saturated rings. The molecule has 0 radical (unpaired) electrons. The Kier molecular flexibility index (Phi) is 1.59. The molecule has 1 aliphatic rings. The van der Waals surface area contributed by atoms with E-state index >= 15 is 0 Å². The molecule has 3 heteroatoms. The second-order valence-corrected chi connectivity index (χ2v) is 2.41. The average molecular weight is 116 g/mol. The molecule has 2 N–H and O–H groups in total. The van der Waals surface area contributed by atoms with Crippen molar-refractivity contribution in [1.29, 1.82) is 0 Å². The molecule has 0 unspecified atom stereocenters. The SMILES string of the molecule is NN1C=CSCC1. The number of hydrazine groups is 1. The molecule has 1 heterocycles. The lowest BCUT2D eigenvalue weighted by Gasteiger charge is -2.15. The molecule has 0 aromatic rings. The summed E-state index contributed by atoms with van der Waals surface area (Å²) in [6, 6.07) is 0. The summed E-state index contributed by atoms with van der Waals surface area (Å²) in [5, 5.41) is 3.69. The van der Waals surface area contributed by atoms with Gasteiger partial charge in [0.2, 0.25) is 0 Å². The Morgan fingerprint density at radius 2 is 2.57 bits per heavy atom. The molecule has 0 saturated carbocycles. The molecule has 0 aromatic heterocycles. The van der Waals surface area contributed by atoms with E-state index in [1.54, 1.807) is 16.8 Å². The number of rotatable bonds is 0. The first-order chi connectivity index (χ1) is 3.39. The quantitative estimate of drug-likeness (QED) is 0.464. The monoisotopic (exact) mass is 116 g/mol. The van der Waals surface area contributed by atoms with Crippen molar-refractivity contribution in [2.75, 3.05) is 12.3 Å². The van der Waals surface area contributed by atoms with Gasteiger partial charge in [0.25, 0.3) is 0 Å². The van der Waals surface area contributed by atoms with Gasteiger partial charge < -0.3 is 5.01 Å². The maximum atomic E-state index is 5.37. The molecule has 2 nitrogen and oxygen atoms in total. The second kappa shape index (κ2) is 2.23. The predicted octanol–water partition coefficient (Wildman–Crippen LogP) is 0.380. The zero-order chi connectivity index (χ0) is 5.11. The third kappa shape index (κ3) is 1.41. The van der Waals surface area contributed by atoms with Gasteiger partial charge in [-0.1, -0.05) is 0 Å². The first-order valence-corrected chi connectivity index (χ1v) is 3.24. The van der Waals surface area contributed by atoms with Gasteiger partial charge in [0.15, 0.2) is 0 Å². The van der Waals surface area contributed by atoms with Crippen LogP contribution in [0, 0.1) is 0 Å². The van der Waals surface area contributed by atoms with Gasteiger partial charge in [-0.15, -0.1) is 11.8 Å². The smallest absolute Gasteiger partial charge is 0.0429 e. The molecule has 0 atom stereocenters. The highest BCUT2D eigenvalue weighted by atomic mass is 32.2. The van der Waals surface area contributed by atoms with Crippen LogP contribution in [0.1, 0.15) is 0 Å². The average Bonchev–Trinajstić information content (AvgIpc) is 1.69. The highest BCUT2D eigenvalue weighted by Crippen LogP contribution is 2.06. The molecular weight excluding hydrogens is 108 g/mol. The van der Waals surface area contributed by atoms with Crippen LogP contribution < -0.4 is 5.84 Å². The van der Waals surface area contributed by atoms with Gasteiger partial charge in [-0.05, 0) is 5.41 Å². The Bertz CT molecular complexity index is 81.8. The minimum absolute atomic E-state index is 0.973. The molecule has 0 saturated heterocycles. The summed E-state index contributed by atoms with van der Waals surface area (Å²) >= 11 is 1.80. The lowest BCUT2D eigenvalue weighted by Crippen LogP contribution is -2.28. The Morgan fingerprint density at radius 3 is 2.86 bits per heavy atom. The summed E-state index contributed by atoms with van der Waals surface area (Å²) in [4.78, 5) is 0. The van der Waals surface area contributed by atoms with Crippen molar-refractivity contribution in [3.63, 3.8) is 0 Å². The summed E-state index contributed by atoms with van der Waals surface area (Å²) in [5.74, 6) is 6.49. The van der Waals surface area contributed by atoms with Crippen molar-refractivity contribution in [1.82, 2.24) is 5.01 Å². The third-order valence-corrected chi connectivity index (χ3v) is 1.55. The fourth-order valence-electron chi connectivity index (χ4n) is 0.422. The molecule has 1 aliphatic heterocycles. The molecule has 40 valence electrons. The third-order valence-electron chi connectivity index (χ3n) is 0.816. The van der Waals surface area contributed by atoms with E-state index in [4.69, 9.17) is 5.84 Å². The molecule has 0 aromatic carbocycles. The summed E-state index contributed by atoms with van der Waals surface area (Å²) in [5.41, 5.74) is 0. The highest BCUT2D eigenvalue weighted by Gasteiger charge is 1.94. The highest BCUT2D eigenvalue weighted by molar-refractivity contribution is 8.02. The zero-order valence-corrected chi connectivity index (χ0v) is 4.82. The van der Waals surface area contributed by atoms with E-state index in [0.29, 0.717) is 0 Å². The number of hydrogen-bond donors (Lipinski definition) is 1. The van der Waals surface area contributed by atoms with Crippen LogP contribution in [0.15, 0.2) is 11.6 Å². The Hall–Kier alpha value is -0.150. The van der Waals surface area contributed by atoms with E-state index in [-0.39, 0.29) is 0 Å². The van der Waals surface area contributed by atoms with Gasteiger partial charge >= 0.3 is 0 Å². The van der Waals surface area contributed by atoms with E-state index in [1.165, 1.54) is 0 Å². The molecule has 1 rings (SSSR count). The van der Waals surface area contributed by atoms with Gasteiger partial charge in [0.05, 0.1) is 0 Å². The van der Waals surface area contributed by atoms with Gasteiger partial charge in [0.1, 0.15) is 0 Å². The number of hydrogen-bond acceptors (Lipinski definition) is 3. The van der Waals surface area contributed by atoms with E-state index < -0.39 is 0 Å². The van der Waals surface area contributed by atoms with E-state index in [9.17, 15) is 0 Å². The number of nitrogens with zero attached hydrogens (tertiary/aromatic N) is 1. The summed E-state index contributed by atoms with van der Waals surface area (Å²) < 4.78 is 0. The Balaban J connectivity index is 2.36. The van der Waals surface area contributed by atoms with E-state index in [1.807, 2.05) is 11.6 Å². The predicted molar refractivity (Wildman–Crippen MR) is 32.5 cm³/mol. The summed E-state index contributed by atoms with van der Waals surface area (Å²) in [7, 11) is 0. The van der Waals surface area contributed by atoms with Gasteiger partial charge in [-0.2, -0.15) is 0 Å². The molecule has 0 aliphatic carbocycles. The molecular formula is C4H8N2S. The molecule has 0 bridgehead atoms. The van der Waals surface area contributed by atoms with Gasteiger partial charge in [-0.3, -0.25) is 0 Å². The summed E-state index contributed by atoms with van der Waals surface area (Å²) in [6.07, 6.45) is 1.88. The normalized spacial score (nSPS) is 20.4. The first-order valence-electron chi connectivity index (χ1n) is 2.19. The van der Waals surface area contributed by atoms with Crippen molar-refractivity contribution in [3.05, 3.63) is 11.6 Å². The standard InChI is InChI=1S/C4H8N2S/c5-6-1-3-7-4-2-6/h1,3H,2,4-5H2. The lowest BCUT2D eigenvalue weighted by molar-refractivity contribution is 0.418. The van der Waals surface area contributed by atoms with Crippen molar-refractivity contribution < 1.29 is 0 Å². The van der Waals surface area contributed by atoms with Crippen molar-refractivity contribution in [3.8, 4) is 0 Å². The van der Waals surface area contributed by atoms with Crippen LogP contribution in [-0.4, -0.2) is 17.3 Å². The number of thioether (sulfide) groups is 1. The first kappa shape index (κ1) is 5.00. The van der Waals surface area contributed by atoms with E-state index in [2.05, 4.69) is 0 Å².